The van der Waals surface area contributed by atoms with Crippen LogP contribution in [0.5, 0.6) is 0 Å². The lowest BCUT2D eigenvalue weighted by atomic mass is 10.2. The smallest absolute Gasteiger partial charge is 0.247 e. The normalized spacial score (nSPS) is 20.1. The molecule has 0 spiro atoms. The molecule has 1 saturated heterocycles. The molecule has 3 heterocycles. The summed E-state index contributed by atoms with van der Waals surface area (Å²) in [6, 6.07) is 7.11. The van der Waals surface area contributed by atoms with Crippen molar-refractivity contribution >= 4 is 33.2 Å². The molecule has 2 aromatic rings. The molecule has 0 aromatic carbocycles. The van der Waals surface area contributed by atoms with Crippen LogP contribution in [0.4, 0.5) is 0 Å². The number of amides is 1. The molecule has 1 amide bonds. The second-order valence-corrected chi connectivity index (χ2v) is 8.71. The number of rotatable bonds is 5. The lowest BCUT2D eigenvalue weighted by molar-refractivity contribution is -0.128. The van der Waals surface area contributed by atoms with E-state index in [1.54, 1.807) is 34.4 Å². The van der Waals surface area contributed by atoms with E-state index in [9.17, 15) is 13.2 Å². The van der Waals surface area contributed by atoms with Crippen LogP contribution in [0.1, 0.15) is 17.1 Å². The van der Waals surface area contributed by atoms with Gasteiger partial charge in [0.15, 0.2) is 9.84 Å². The maximum Gasteiger partial charge on any atom is 0.247 e. The molecule has 5 nitrogen and oxygen atoms in total. The summed E-state index contributed by atoms with van der Waals surface area (Å²) < 4.78 is 28.7. The van der Waals surface area contributed by atoms with Crippen molar-refractivity contribution in [3.05, 3.63) is 52.6 Å². The first kappa shape index (κ1) is 16.0. The first-order valence-corrected chi connectivity index (χ1v) is 9.98. The summed E-state index contributed by atoms with van der Waals surface area (Å²) in [5, 5.41) is 1.95. The minimum atomic E-state index is -3.04. The quantitative estimate of drug-likeness (QED) is 0.777. The van der Waals surface area contributed by atoms with Crippen LogP contribution < -0.4 is 0 Å². The highest BCUT2D eigenvalue weighted by atomic mass is 32.2. The Morgan fingerprint density at radius 3 is 2.87 bits per heavy atom. The lowest BCUT2D eigenvalue weighted by Gasteiger charge is -2.26. The fourth-order valence-electron chi connectivity index (χ4n) is 2.61. The van der Waals surface area contributed by atoms with E-state index in [0.717, 1.165) is 4.88 Å². The number of carbonyl (C=O) groups is 1. The average Bonchev–Trinajstić information content (AvgIpc) is 3.24. The van der Waals surface area contributed by atoms with E-state index in [0.29, 0.717) is 18.7 Å². The molecular formula is C16H17NO4S2. The third-order valence-electron chi connectivity index (χ3n) is 3.77. The molecule has 0 bridgehead atoms. The van der Waals surface area contributed by atoms with Gasteiger partial charge in [-0.15, -0.1) is 11.3 Å². The second-order valence-electron chi connectivity index (χ2n) is 5.45. The first-order chi connectivity index (χ1) is 11.0. The summed E-state index contributed by atoms with van der Waals surface area (Å²) >= 11 is 1.56. The highest BCUT2D eigenvalue weighted by Gasteiger charge is 2.34. The minimum absolute atomic E-state index is 0.0404. The van der Waals surface area contributed by atoms with Gasteiger partial charge in [-0.05, 0) is 36.1 Å². The van der Waals surface area contributed by atoms with E-state index in [4.69, 9.17) is 4.42 Å². The lowest BCUT2D eigenvalue weighted by Crippen LogP contribution is -2.39. The Hall–Kier alpha value is -1.86. The van der Waals surface area contributed by atoms with Gasteiger partial charge in [-0.1, -0.05) is 6.07 Å². The molecule has 1 atom stereocenters. The molecule has 1 fully saturated rings. The van der Waals surface area contributed by atoms with Crippen LogP contribution in [0.3, 0.4) is 0 Å². The molecule has 0 aliphatic carbocycles. The molecule has 1 aliphatic rings. The van der Waals surface area contributed by atoms with Gasteiger partial charge >= 0.3 is 0 Å². The number of sulfone groups is 1. The van der Waals surface area contributed by atoms with Crippen LogP contribution in [-0.2, 0) is 21.2 Å². The summed E-state index contributed by atoms with van der Waals surface area (Å²) in [7, 11) is -3.04. The summed E-state index contributed by atoms with van der Waals surface area (Å²) in [6.07, 6.45) is 5.08. The molecule has 7 heteroatoms. The number of nitrogens with zero attached hydrogens (tertiary/aromatic N) is 1. The zero-order valence-electron chi connectivity index (χ0n) is 12.4. The third-order valence-corrected chi connectivity index (χ3v) is 6.38. The van der Waals surface area contributed by atoms with Gasteiger partial charge in [0.2, 0.25) is 5.91 Å². The van der Waals surface area contributed by atoms with E-state index < -0.39 is 9.84 Å². The van der Waals surface area contributed by atoms with Gasteiger partial charge in [-0.3, -0.25) is 4.79 Å². The topological polar surface area (TPSA) is 67.6 Å². The zero-order valence-corrected chi connectivity index (χ0v) is 14.1. The third kappa shape index (κ3) is 4.11. The Morgan fingerprint density at radius 2 is 2.26 bits per heavy atom. The Labute approximate surface area is 139 Å². The van der Waals surface area contributed by atoms with Crippen LogP contribution >= 0.6 is 11.3 Å². The Balaban J connectivity index is 1.78. The van der Waals surface area contributed by atoms with Crippen molar-refractivity contribution in [2.75, 3.05) is 11.5 Å². The first-order valence-electron chi connectivity index (χ1n) is 7.28. The molecule has 0 N–H and O–H groups in total. The number of furan rings is 1. The summed E-state index contributed by atoms with van der Waals surface area (Å²) in [6.45, 7) is 0.430. The highest BCUT2D eigenvalue weighted by molar-refractivity contribution is 7.91. The number of carbonyl (C=O) groups excluding carboxylic acids is 1. The maximum atomic E-state index is 12.6. The van der Waals surface area contributed by atoms with E-state index in [-0.39, 0.29) is 23.5 Å². The molecule has 3 rings (SSSR count). The minimum Gasteiger partial charge on any atom is -0.465 e. The van der Waals surface area contributed by atoms with Crippen molar-refractivity contribution in [1.29, 1.82) is 0 Å². The number of hydrogen-bond donors (Lipinski definition) is 0. The fourth-order valence-corrected chi connectivity index (χ4v) is 5.05. The molecule has 122 valence electrons. The van der Waals surface area contributed by atoms with Gasteiger partial charge in [-0.25, -0.2) is 8.42 Å². The molecule has 0 saturated carbocycles. The molecule has 0 radical (unpaired) electrons. The van der Waals surface area contributed by atoms with Gasteiger partial charge < -0.3 is 9.32 Å². The zero-order chi connectivity index (χ0) is 16.3. The fraction of sp³-hybridized carbons (Fsp3) is 0.312. The van der Waals surface area contributed by atoms with Gasteiger partial charge in [0.05, 0.1) is 24.3 Å². The van der Waals surface area contributed by atoms with Crippen LogP contribution in [-0.4, -0.2) is 36.8 Å². The average molecular weight is 351 g/mol. The Kier molecular flexibility index (Phi) is 4.68. The molecule has 1 unspecified atom stereocenters. The van der Waals surface area contributed by atoms with Crippen LogP contribution in [0.2, 0.25) is 0 Å². The van der Waals surface area contributed by atoms with Crippen molar-refractivity contribution in [3.8, 4) is 0 Å². The van der Waals surface area contributed by atoms with E-state index in [2.05, 4.69) is 0 Å². The van der Waals surface area contributed by atoms with Crippen molar-refractivity contribution in [3.63, 3.8) is 0 Å². The predicted octanol–water partition coefficient (Wildman–Crippen LogP) is 2.57. The van der Waals surface area contributed by atoms with Gasteiger partial charge in [0.25, 0.3) is 0 Å². The van der Waals surface area contributed by atoms with Crippen molar-refractivity contribution in [2.24, 2.45) is 0 Å². The number of thiophene rings is 1. The van der Waals surface area contributed by atoms with Gasteiger partial charge in [0, 0.05) is 17.0 Å². The summed E-state index contributed by atoms with van der Waals surface area (Å²) in [5.74, 6) is 0.581. The molecular weight excluding hydrogens is 334 g/mol. The summed E-state index contributed by atoms with van der Waals surface area (Å²) in [4.78, 5) is 15.3. The van der Waals surface area contributed by atoms with Crippen molar-refractivity contribution < 1.29 is 17.6 Å². The maximum absolute atomic E-state index is 12.6. The van der Waals surface area contributed by atoms with Gasteiger partial charge in [-0.2, -0.15) is 0 Å². The van der Waals surface area contributed by atoms with Crippen molar-refractivity contribution in [1.82, 2.24) is 4.90 Å². The number of hydrogen-bond acceptors (Lipinski definition) is 5. The molecule has 1 aliphatic heterocycles. The standard InChI is InChI=1S/C16H17NO4S2/c18-16(6-5-14-3-1-8-21-14)17(11-15-4-2-9-22-15)13-7-10-23(19,20)12-13/h1-6,8-9,13H,7,10-12H2/b6-5+. The summed E-state index contributed by atoms with van der Waals surface area (Å²) in [5.41, 5.74) is 0. The van der Waals surface area contributed by atoms with Crippen LogP contribution in [0.15, 0.2) is 46.4 Å². The van der Waals surface area contributed by atoms with Crippen LogP contribution in [0.25, 0.3) is 6.08 Å². The van der Waals surface area contributed by atoms with E-state index in [1.165, 1.54) is 12.3 Å². The monoisotopic (exact) mass is 351 g/mol. The van der Waals surface area contributed by atoms with Crippen LogP contribution in [0, 0.1) is 0 Å². The Bertz CT molecular complexity index is 776. The van der Waals surface area contributed by atoms with E-state index >= 15 is 0 Å². The predicted molar refractivity (Wildman–Crippen MR) is 89.7 cm³/mol. The largest absolute Gasteiger partial charge is 0.465 e. The Morgan fingerprint density at radius 1 is 1.39 bits per heavy atom. The SMILES string of the molecule is O=C(/C=C/c1ccco1)N(Cc1cccs1)C1CCS(=O)(=O)C1. The second kappa shape index (κ2) is 6.72. The highest BCUT2D eigenvalue weighted by Crippen LogP contribution is 2.22. The molecule has 2 aromatic heterocycles. The van der Waals surface area contributed by atoms with Gasteiger partial charge in [0.1, 0.15) is 5.76 Å². The molecule has 23 heavy (non-hydrogen) atoms. The van der Waals surface area contributed by atoms with E-state index in [1.807, 2.05) is 17.5 Å². The van der Waals surface area contributed by atoms with Crippen molar-refractivity contribution in [2.45, 2.75) is 19.0 Å².